The molecule has 1 aliphatic rings. The molecule has 1 aliphatic heterocycles. The van der Waals surface area contributed by atoms with Crippen molar-refractivity contribution in [1.29, 1.82) is 0 Å². The molecule has 0 aliphatic carbocycles. The number of aryl methyl sites for hydroxylation is 1. The lowest BCUT2D eigenvalue weighted by molar-refractivity contribution is 0.241. The van der Waals surface area contributed by atoms with Crippen LogP contribution in [0.4, 0.5) is 4.39 Å². The zero-order chi connectivity index (χ0) is 13.4. The van der Waals surface area contributed by atoms with Crippen molar-refractivity contribution in [3.63, 3.8) is 0 Å². The van der Waals surface area contributed by atoms with Crippen LogP contribution in [0.25, 0.3) is 11.1 Å². The fourth-order valence-corrected chi connectivity index (χ4v) is 2.59. The van der Waals surface area contributed by atoms with Gasteiger partial charge in [0.05, 0.1) is 5.56 Å². The Morgan fingerprint density at radius 1 is 1.26 bits per heavy atom. The Morgan fingerprint density at radius 3 is 2.79 bits per heavy atom. The number of halogens is 1. The lowest BCUT2D eigenvalue weighted by atomic mass is 9.96. The van der Waals surface area contributed by atoms with Gasteiger partial charge in [-0.3, -0.25) is 0 Å². The molecule has 0 amide bonds. The van der Waals surface area contributed by atoms with E-state index in [1.54, 1.807) is 6.07 Å². The summed E-state index contributed by atoms with van der Waals surface area (Å²) in [5.74, 6) is 0.412. The molecule has 2 aromatic rings. The molecule has 2 aromatic carbocycles. The highest BCUT2D eigenvalue weighted by Gasteiger charge is 2.27. The molecular formula is C16H16FNO. The molecule has 2 N–H and O–H groups in total. The molecule has 1 atom stereocenters. The summed E-state index contributed by atoms with van der Waals surface area (Å²) in [6.07, 6.45) is 0.713. The van der Waals surface area contributed by atoms with E-state index < -0.39 is 0 Å². The van der Waals surface area contributed by atoms with Crippen molar-refractivity contribution in [2.45, 2.75) is 19.4 Å². The van der Waals surface area contributed by atoms with E-state index in [4.69, 9.17) is 10.5 Å². The zero-order valence-electron chi connectivity index (χ0n) is 10.8. The Labute approximate surface area is 112 Å². The minimum absolute atomic E-state index is 0.0421. The van der Waals surface area contributed by atoms with Gasteiger partial charge >= 0.3 is 0 Å². The predicted octanol–water partition coefficient (Wildman–Crippen LogP) is 3.06. The molecule has 0 radical (unpaired) electrons. The average molecular weight is 257 g/mol. The fourth-order valence-electron chi connectivity index (χ4n) is 2.59. The Hall–Kier alpha value is -1.87. The van der Waals surface area contributed by atoms with Crippen molar-refractivity contribution < 1.29 is 9.13 Å². The molecule has 0 saturated carbocycles. The van der Waals surface area contributed by atoms with E-state index in [2.05, 4.69) is 0 Å². The van der Waals surface area contributed by atoms with Gasteiger partial charge in [0.25, 0.3) is 0 Å². The van der Waals surface area contributed by atoms with Crippen molar-refractivity contribution in [3.05, 3.63) is 53.3 Å². The average Bonchev–Trinajstić information content (AvgIpc) is 2.83. The molecule has 1 unspecified atom stereocenters. The first-order valence-electron chi connectivity index (χ1n) is 6.45. The van der Waals surface area contributed by atoms with Gasteiger partial charge in [0, 0.05) is 13.0 Å². The standard InChI is InChI=1S/C16H16FNO/c1-10-4-2-3-5-13(10)15-14(17)7-6-11-8-12(9-18)19-16(11)15/h2-7,12H,8-9,18H2,1H3. The van der Waals surface area contributed by atoms with Crippen LogP contribution in [0.15, 0.2) is 36.4 Å². The number of rotatable bonds is 2. The van der Waals surface area contributed by atoms with E-state index in [0.29, 0.717) is 17.9 Å². The van der Waals surface area contributed by atoms with Gasteiger partial charge in [-0.1, -0.05) is 30.3 Å². The highest BCUT2D eigenvalue weighted by molar-refractivity contribution is 5.76. The van der Waals surface area contributed by atoms with Crippen LogP contribution in [0, 0.1) is 12.7 Å². The van der Waals surface area contributed by atoms with Crippen LogP contribution in [-0.2, 0) is 6.42 Å². The van der Waals surface area contributed by atoms with Crippen LogP contribution >= 0.6 is 0 Å². The van der Waals surface area contributed by atoms with Gasteiger partial charge in [0.1, 0.15) is 17.7 Å². The van der Waals surface area contributed by atoms with Crippen molar-refractivity contribution in [1.82, 2.24) is 0 Å². The van der Waals surface area contributed by atoms with Crippen LogP contribution < -0.4 is 10.5 Å². The molecule has 3 heteroatoms. The summed E-state index contributed by atoms with van der Waals surface area (Å²) in [7, 11) is 0. The first-order chi connectivity index (χ1) is 9.20. The minimum Gasteiger partial charge on any atom is -0.488 e. The van der Waals surface area contributed by atoms with Crippen LogP contribution in [0.2, 0.25) is 0 Å². The lowest BCUT2D eigenvalue weighted by Gasteiger charge is -2.13. The predicted molar refractivity (Wildman–Crippen MR) is 73.7 cm³/mol. The van der Waals surface area contributed by atoms with Gasteiger partial charge in [0.2, 0.25) is 0 Å². The van der Waals surface area contributed by atoms with E-state index in [1.807, 2.05) is 31.2 Å². The molecule has 0 saturated heterocycles. The minimum atomic E-state index is -0.245. The Balaban J connectivity index is 2.18. The summed E-state index contributed by atoms with van der Waals surface area (Å²) in [5, 5.41) is 0. The molecule has 98 valence electrons. The van der Waals surface area contributed by atoms with Crippen LogP contribution in [0.1, 0.15) is 11.1 Å². The highest BCUT2D eigenvalue weighted by atomic mass is 19.1. The van der Waals surface area contributed by atoms with E-state index in [0.717, 1.165) is 23.1 Å². The molecular weight excluding hydrogens is 241 g/mol. The summed E-state index contributed by atoms with van der Waals surface area (Å²) < 4.78 is 20.0. The summed E-state index contributed by atoms with van der Waals surface area (Å²) in [6, 6.07) is 11.1. The zero-order valence-corrected chi connectivity index (χ0v) is 10.8. The molecule has 19 heavy (non-hydrogen) atoms. The van der Waals surface area contributed by atoms with Gasteiger partial charge in [-0.05, 0) is 29.7 Å². The maximum atomic E-state index is 14.2. The molecule has 0 spiro atoms. The first kappa shape index (κ1) is 12.2. The second-order valence-electron chi connectivity index (χ2n) is 4.91. The van der Waals surface area contributed by atoms with E-state index in [-0.39, 0.29) is 11.9 Å². The quantitative estimate of drug-likeness (QED) is 0.897. The topological polar surface area (TPSA) is 35.2 Å². The van der Waals surface area contributed by atoms with Gasteiger partial charge in [-0.25, -0.2) is 4.39 Å². The highest BCUT2D eigenvalue weighted by Crippen LogP contribution is 2.41. The van der Waals surface area contributed by atoms with E-state index >= 15 is 0 Å². The number of hydrogen-bond donors (Lipinski definition) is 1. The van der Waals surface area contributed by atoms with Crippen molar-refractivity contribution in [3.8, 4) is 16.9 Å². The Kier molecular flexibility index (Phi) is 2.99. The maximum absolute atomic E-state index is 14.2. The second-order valence-corrected chi connectivity index (χ2v) is 4.91. The van der Waals surface area contributed by atoms with Crippen LogP contribution in [-0.4, -0.2) is 12.6 Å². The van der Waals surface area contributed by atoms with Gasteiger partial charge in [-0.2, -0.15) is 0 Å². The summed E-state index contributed by atoms with van der Waals surface area (Å²) in [4.78, 5) is 0. The third kappa shape index (κ3) is 2.00. The van der Waals surface area contributed by atoms with Crippen molar-refractivity contribution in [2.75, 3.05) is 6.54 Å². The van der Waals surface area contributed by atoms with Crippen molar-refractivity contribution >= 4 is 0 Å². The largest absolute Gasteiger partial charge is 0.488 e. The van der Waals surface area contributed by atoms with Gasteiger partial charge in [-0.15, -0.1) is 0 Å². The normalized spacial score (nSPS) is 17.1. The number of fused-ring (bicyclic) bond motifs is 1. The first-order valence-corrected chi connectivity index (χ1v) is 6.45. The second kappa shape index (κ2) is 4.67. The molecule has 2 nitrogen and oxygen atoms in total. The smallest absolute Gasteiger partial charge is 0.134 e. The van der Waals surface area contributed by atoms with Crippen molar-refractivity contribution in [2.24, 2.45) is 5.73 Å². The maximum Gasteiger partial charge on any atom is 0.134 e. The Morgan fingerprint density at radius 2 is 2.05 bits per heavy atom. The van der Waals surface area contributed by atoms with Gasteiger partial charge in [0.15, 0.2) is 0 Å². The monoisotopic (exact) mass is 257 g/mol. The lowest BCUT2D eigenvalue weighted by Crippen LogP contribution is -2.24. The van der Waals surface area contributed by atoms with Crippen LogP contribution in [0.5, 0.6) is 5.75 Å². The fraction of sp³-hybridized carbons (Fsp3) is 0.250. The number of benzene rings is 2. The summed E-state index contributed by atoms with van der Waals surface area (Å²) in [6.45, 7) is 2.42. The van der Waals surface area contributed by atoms with Crippen LogP contribution in [0.3, 0.4) is 0 Å². The summed E-state index contributed by atoms with van der Waals surface area (Å²) in [5.41, 5.74) is 9.17. The number of ether oxygens (including phenoxy) is 1. The molecule has 3 rings (SSSR count). The molecule has 0 bridgehead atoms. The van der Waals surface area contributed by atoms with Gasteiger partial charge < -0.3 is 10.5 Å². The molecule has 1 heterocycles. The molecule has 0 fully saturated rings. The third-order valence-electron chi connectivity index (χ3n) is 3.60. The number of nitrogens with two attached hydrogens (primary N) is 1. The van der Waals surface area contributed by atoms with E-state index in [1.165, 1.54) is 6.07 Å². The Bertz CT molecular complexity index is 624. The van der Waals surface area contributed by atoms with E-state index in [9.17, 15) is 4.39 Å². The third-order valence-corrected chi connectivity index (χ3v) is 3.60. The molecule has 0 aromatic heterocycles. The summed E-state index contributed by atoms with van der Waals surface area (Å²) >= 11 is 0. The number of hydrogen-bond acceptors (Lipinski definition) is 2. The SMILES string of the molecule is Cc1ccccc1-c1c(F)ccc2c1OC(CN)C2.